The van der Waals surface area contributed by atoms with Gasteiger partial charge in [-0.2, -0.15) is 0 Å². The molecule has 1 nitrogen and oxygen atoms in total. The Morgan fingerprint density at radius 3 is 3.08 bits per heavy atom. The first-order valence-corrected chi connectivity index (χ1v) is 6.43. The fourth-order valence-electron chi connectivity index (χ4n) is 1.09. The third-order valence-corrected chi connectivity index (χ3v) is 3.94. The number of fused-ring (bicyclic) bond motifs is 1. The molecule has 0 bridgehead atoms. The number of hydrogen-bond acceptors (Lipinski definition) is 2. The number of rotatable bonds is 1. The molecule has 0 amide bonds. The van der Waals surface area contributed by atoms with Crippen LogP contribution in [0.1, 0.15) is 5.56 Å². The summed E-state index contributed by atoms with van der Waals surface area (Å²) in [5.41, 5.74) is 2.41. The van der Waals surface area contributed by atoms with E-state index in [1.165, 1.54) is 10.3 Å². The number of alkyl halides is 1. The number of halogens is 2. The Labute approximate surface area is 96.5 Å². The van der Waals surface area contributed by atoms with Crippen LogP contribution in [-0.2, 0) is 5.33 Å². The van der Waals surface area contributed by atoms with Crippen LogP contribution in [-0.4, -0.2) is 4.98 Å². The molecular weight excluding hydrogens is 349 g/mol. The first kappa shape index (κ1) is 8.90. The van der Waals surface area contributed by atoms with Crippen molar-refractivity contribution in [3.63, 3.8) is 0 Å². The van der Waals surface area contributed by atoms with E-state index in [1.54, 1.807) is 11.3 Å². The summed E-state index contributed by atoms with van der Waals surface area (Å²) in [7, 11) is 0. The lowest BCUT2D eigenvalue weighted by molar-refractivity contribution is 1.38. The van der Waals surface area contributed by atoms with Gasteiger partial charge in [0.25, 0.3) is 0 Å². The van der Waals surface area contributed by atoms with E-state index in [0.717, 1.165) is 13.9 Å². The van der Waals surface area contributed by atoms with E-state index in [1.807, 2.05) is 0 Å². The van der Waals surface area contributed by atoms with Gasteiger partial charge >= 0.3 is 0 Å². The maximum atomic E-state index is 4.46. The topological polar surface area (TPSA) is 12.9 Å². The Kier molecular flexibility index (Phi) is 2.66. The summed E-state index contributed by atoms with van der Waals surface area (Å²) in [5, 5.41) is 0.879. The predicted octanol–water partition coefficient (Wildman–Crippen LogP) is 3.80. The van der Waals surface area contributed by atoms with Crippen molar-refractivity contribution < 1.29 is 0 Å². The molecule has 1 aromatic heterocycles. The largest absolute Gasteiger partial charge is 0.230 e. The summed E-state index contributed by atoms with van der Waals surface area (Å²) in [6.45, 7) is 0. The molecule has 2 aromatic rings. The lowest BCUT2D eigenvalue weighted by Crippen LogP contribution is -1.79. The molecule has 0 saturated heterocycles. The van der Waals surface area contributed by atoms with Crippen molar-refractivity contribution >= 4 is 60.1 Å². The molecule has 0 radical (unpaired) electrons. The SMILES string of the molecule is BrCc1cccc2sc(I)nc12. The van der Waals surface area contributed by atoms with Gasteiger partial charge in [0.1, 0.15) is 0 Å². The van der Waals surface area contributed by atoms with Gasteiger partial charge in [-0.25, -0.2) is 4.98 Å². The Bertz CT molecular complexity index is 412. The summed E-state index contributed by atoms with van der Waals surface area (Å²) in [4.78, 5) is 4.46. The van der Waals surface area contributed by atoms with Gasteiger partial charge in [0.2, 0.25) is 0 Å². The van der Waals surface area contributed by atoms with Gasteiger partial charge in [-0.1, -0.05) is 28.1 Å². The van der Waals surface area contributed by atoms with Crippen LogP contribution < -0.4 is 0 Å². The molecule has 2 rings (SSSR count). The third kappa shape index (κ3) is 1.52. The van der Waals surface area contributed by atoms with Gasteiger partial charge in [-0.05, 0) is 34.2 Å². The van der Waals surface area contributed by atoms with Gasteiger partial charge in [-0.3, -0.25) is 0 Å². The molecule has 0 aliphatic carbocycles. The lowest BCUT2D eigenvalue weighted by Gasteiger charge is -1.94. The van der Waals surface area contributed by atoms with Gasteiger partial charge in [0, 0.05) is 5.33 Å². The van der Waals surface area contributed by atoms with E-state index >= 15 is 0 Å². The molecule has 0 spiro atoms. The number of para-hydroxylation sites is 1. The van der Waals surface area contributed by atoms with Crippen molar-refractivity contribution in [1.82, 2.24) is 4.98 Å². The smallest absolute Gasteiger partial charge is 0.155 e. The molecule has 0 fully saturated rings. The van der Waals surface area contributed by atoms with E-state index in [0.29, 0.717) is 0 Å². The number of benzene rings is 1. The van der Waals surface area contributed by atoms with E-state index < -0.39 is 0 Å². The normalized spacial score (nSPS) is 10.8. The maximum absolute atomic E-state index is 4.46. The van der Waals surface area contributed by atoms with Crippen molar-refractivity contribution in [1.29, 1.82) is 0 Å². The highest BCUT2D eigenvalue weighted by molar-refractivity contribution is 14.1. The highest BCUT2D eigenvalue weighted by atomic mass is 127. The number of nitrogens with zero attached hydrogens (tertiary/aromatic N) is 1. The van der Waals surface area contributed by atoms with Crippen molar-refractivity contribution in [3.8, 4) is 0 Å². The molecular formula is C8H5BrINS. The van der Waals surface area contributed by atoms with Crippen LogP contribution in [0, 0.1) is 3.01 Å². The summed E-state index contributed by atoms with van der Waals surface area (Å²) in [6, 6.07) is 6.29. The average Bonchev–Trinajstić information content (AvgIpc) is 2.44. The van der Waals surface area contributed by atoms with Crippen LogP contribution in [0.4, 0.5) is 0 Å². The van der Waals surface area contributed by atoms with Crippen LogP contribution in [0.25, 0.3) is 10.2 Å². The lowest BCUT2D eigenvalue weighted by atomic mass is 10.2. The zero-order chi connectivity index (χ0) is 8.55. The minimum Gasteiger partial charge on any atom is -0.230 e. The Balaban J connectivity index is 2.78. The number of thiazole rings is 1. The van der Waals surface area contributed by atoms with Crippen molar-refractivity contribution in [3.05, 3.63) is 26.8 Å². The first-order chi connectivity index (χ1) is 5.81. The monoisotopic (exact) mass is 353 g/mol. The third-order valence-electron chi connectivity index (χ3n) is 1.62. The van der Waals surface area contributed by atoms with Gasteiger partial charge in [-0.15, -0.1) is 11.3 Å². The molecule has 4 heteroatoms. The van der Waals surface area contributed by atoms with Gasteiger partial charge in [0.05, 0.1) is 10.2 Å². The van der Waals surface area contributed by atoms with Crippen molar-refractivity contribution in [2.24, 2.45) is 0 Å². The fraction of sp³-hybridized carbons (Fsp3) is 0.125. The van der Waals surface area contributed by atoms with Crippen LogP contribution in [0.3, 0.4) is 0 Å². The summed E-state index contributed by atoms with van der Waals surface area (Å²) < 4.78 is 2.38. The minimum atomic E-state index is 0.879. The number of hydrogen-bond donors (Lipinski definition) is 0. The molecule has 0 aliphatic heterocycles. The second kappa shape index (κ2) is 3.59. The van der Waals surface area contributed by atoms with E-state index in [-0.39, 0.29) is 0 Å². The molecule has 0 N–H and O–H groups in total. The van der Waals surface area contributed by atoms with Crippen LogP contribution >= 0.6 is 49.9 Å². The van der Waals surface area contributed by atoms with Crippen molar-refractivity contribution in [2.45, 2.75) is 5.33 Å². The molecule has 12 heavy (non-hydrogen) atoms. The van der Waals surface area contributed by atoms with E-state index in [2.05, 4.69) is 61.7 Å². The highest BCUT2D eigenvalue weighted by Gasteiger charge is 2.04. The Morgan fingerprint density at radius 2 is 2.33 bits per heavy atom. The summed E-state index contributed by atoms with van der Waals surface area (Å²) in [6.07, 6.45) is 0. The number of aromatic nitrogens is 1. The quantitative estimate of drug-likeness (QED) is 0.561. The van der Waals surface area contributed by atoms with E-state index in [9.17, 15) is 0 Å². The van der Waals surface area contributed by atoms with E-state index in [4.69, 9.17) is 0 Å². The second-order valence-corrected chi connectivity index (χ2v) is 5.71. The molecule has 0 unspecified atom stereocenters. The second-order valence-electron chi connectivity index (χ2n) is 2.36. The standard InChI is InChI=1S/C8H5BrINS/c9-4-5-2-1-3-6-7(5)11-8(10)12-6/h1-3H,4H2. The zero-order valence-electron chi connectivity index (χ0n) is 6.05. The maximum Gasteiger partial charge on any atom is 0.155 e. The molecule has 62 valence electrons. The molecule has 0 aliphatic rings. The summed E-state index contributed by atoms with van der Waals surface area (Å²) >= 11 is 7.44. The molecule has 0 saturated carbocycles. The molecule has 1 aromatic carbocycles. The van der Waals surface area contributed by atoms with Crippen LogP contribution in [0.5, 0.6) is 0 Å². The Morgan fingerprint density at radius 1 is 1.50 bits per heavy atom. The highest BCUT2D eigenvalue weighted by Crippen LogP contribution is 2.26. The van der Waals surface area contributed by atoms with Gasteiger partial charge in [0.15, 0.2) is 3.01 Å². The fourth-order valence-corrected chi connectivity index (χ4v) is 3.23. The predicted molar refractivity (Wildman–Crippen MR) is 65.0 cm³/mol. The Hall–Kier alpha value is 0.320. The molecule has 1 heterocycles. The minimum absolute atomic E-state index is 0.879. The summed E-state index contributed by atoms with van der Waals surface area (Å²) in [5.74, 6) is 0. The molecule has 0 atom stereocenters. The van der Waals surface area contributed by atoms with Crippen molar-refractivity contribution in [2.75, 3.05) is 0 Å². The average molecular weight is 354 g/mol. The first-order valence-electron chi connectivity index (χ1n) is 3.41. The van der Waals surface area contributed by atoms with Crippen LogP contribution in [0.2, 0.25) is 0 Å². The van der Waals surface area contributed by atoms with Crippen LogP contribution in [0.15, 0.2) is 18.2 Å². The van der Waals surface area contributed by atoms with Gasteiger partial charge < -0.3 is 0 Å². The zero-order valence-corrected chi connectivity index (χ0v) is 10.6.